The third-order valence-corrected chi connectivity index (χ3v) is 5.11. The molecule has 1 aliphatic carbocycles. The molecule has 1 aliphatic rings. The van der Waals surface area contributed by atoms with Crippen LogP contribution in [0.15, 0.2) is 30.3 Å². The highest BCUT2D eigenvalue weighted by Gasteiger charge is 2.43. The second-order valence-electron chi connectivity index (χ2n) is 6.08. The first-order chi connectivity index (χ1) is 11.4. The van der Waals surface area contributed by atoms with E-state index in [4.69, 9.17) is 16.4 Å². The van der Waals surface area contributed by atoms with E-state index in [9.17, 15) is 14.7 Å². The predicted octanol–water partition coefficient (Wildman–Crippen LogP) is 3.11. The summed E-state index contributed by atoms with van der Waals surface area (Å²) in [5.41, 5.74) is 0.942. The Hall–Kier alpha value is -1.79. The van der Waals surface area contributed by atoms with Gasteiger partial charge < -0.3 is 10.0 Å². The number of amides is 2. The van der Waals surface area contributed by atoms with E-state index in [1.54, 1.807) is 0 Å². The van der Waals surface area contributed by atoms with Crippen molar-refractivity contribution in [2.75, 3.05) is 14.2 Å². The molecule has 132 valence electrons. The summed E-state index contributed by atoms with van der Waals surface area (Å²) in [4.78, 5) is 29.3. The number of halogens is 1. The molecule has 0 unspecified atom stereocenters. The standard InChI is InChI=1S/C17H23ClN2O4/c1-19(24-2)15(21)17(18)10-8-14(9-11-17)20(16(22)23)12-13-6-4-3-5-7-13/h3-7,14H,8-12H2,1-2H3,(H,22,23). The van der Waals surface area contributed by atoms with Gasteiger partial charge in [-0.1, -0.05) is 30.3 Å². The van der Waals surface area contributed by atoms with E-state index in [1.807, 2.05) is 30.3 Å². The zero-order valence-corrected chi connectivity index (χ0v) is 14.7. The predicted molar refractivity (Wildman–Crippen MR) is 90.6 cm³/mol. The topological polar surface area (TPSA) is 70.1 Å². The number of benzene rings is 1. The SMILES string of the molecule is CON(C)C(=O)C1(Cl)CCC(N(Cc2ccccc2)C(=O)O)CC1. The minimum absolute atomic E-state index is 0.143. The molecule has 1 aromatic carbocycles. The van der Waals surface area contributed by atoms with Gasteiger partial charge in [-0.25, -0.2) is 9.86 Å². The monoisotopic (exact) mass is 354 g/mol. The Balaban J connectivity index is 2.03. The summed E-state index contributed by atoms with van der Waals surface area (Å²) in [6.45, 7) is 0.335. The van der Waals surface area contributed by atoms with Gasteiger partial charge in [0, 0.05) is 19.6 Å². The van der Waals surface area contributed by atoms with Crippen LogP contribution >= 0.6 is 11.6 Å². The van der Waals surface area contributed by atoms with E-state index in [-0.39, 0.29) is 11.9 Å². The normalized spacial score (nSPS) is 23.5. The second kappa shape index (κ2) is 7.85. The second-order valence-corrected chi connectivity index (χ2v) is 6.80. The fraction of sp³-hybridized carbons (Fsp3) is 0.529. The van der Waals surface area contributed by atoms with Gasteiger partial charge in [0.2, 0.25) is 0 Å². The van der Waals surface area contributed by atoms with Crippen molar-refractivity contribution in [3.63, 3.8) is 0 Å². The Kier molecular flexibility index (Phi) is 6.07. The molecule has 1 fully saturated rings. The first-order valence-electron chi connectivity index (χ1n) is 7.92. The molecular weight excluding hydrogens is 332 g/mol. The summed E-state index contributed by atoms with van der Waals surface area (Å²) >= 11 is 6.47. The van der Waals surface area contributed by atoms with Gasteiger partial charge in [0.15, 0.2) is 0 Å². The van der Waals surface area contributed by atoms with Crippen molar-refractivity contribution < 1.29 is 19.5 Å². The zero-order valence-electron chi connectivity index (χ0n) is 13.9. The summed E-state index contributed by atoms with van der Waals surface area (Å²) in [5.74, 6) is -0.282. The molecule has 1 saturated carbocycles. The smallest absolute Gasteiger partial charge is 0.407 e. The minimum atomic E-state index is -1.02. The van der Waals surface area contributed by atoms with Gasteiger partial charge in [0.25, 0.3) is 5.91 Å². The van der Waals surface area contributed by atoms with Crippen molar-refractivity contribution in [1.82, 2.24) is 9.96 Å². The summed E-state index contributed by atoms with van der Waals surface area (Å²) in [6, 6.07) is 9.34. The minimum Gasteiger partial charge on any atom is -0.465 e. The zero-order chi connectivity index (χ0) is 17.7. The number of hydrogen-bond acceptors (Lipinski definition) is 3. The molecular formula is C17H23ClN2O4. The van der Waals surface area contributed by atoms with Crippen LogP contribution < -0.4 is 0 Å². The number of rotatable bonds is 5. The molecule has 2 amide bonds. The Morgan fingerprint density at radius 2 is 1.88 bits per heavy atom. The summed E-state index contributed by atoms with van der Waals surface area (Å²) in [6.07, 6.45) is 0.984. The molecule has 0 spiro atoms. The molecule has 0 aromatic heterocycles. The molecule has 0 radical (unpaired) electrons. The van der Waals surface area contributed by atoms with Crippen molar-refractivity contribution in [2.24, 2.45) is 0 Å². The van der Waals surface area contributed by atoms with Crippen LogP contribution in [0.1, 0.15) is 31.2 Å². The number of hydrogen-bond donors (Lipinski definition) is 1. The van der Waals surface area contributed by atoms with Crippen molar-refractivity contribution in [3.8, 4) is 0 Å². The van der Waals surface area contributed by atoms with Crippen LogP contribution in [0.5, 0.6) is 0 Å². The highest BCUT2D eigenvalue weighted by molar-refractivity contribution is 6.34. The molecule has 1 N–H and O–H groups in total. The molecule has 0 bridgehead atoms. The van der Waals surface area contributed by atoms with Crippen molar-refractivity contribution in [2.45, 2.75) is 43.1 Å². The highest BCUT2D eigenvalue weighted by atomic mass is 35.5. The van der Waals surface area contributed by atoms with Crippen LogP contribution in [-0.2, 0) is 16.2 Å². The largest absolute Gasteiger partial charge is 0.465 e. The first kappa shape index (κ1) is 18.5. The maximum absolute atomic E-state index is 12.3. The number of alkyl halides is 1. The van der Waals surface area contributed by atoms with Crippen molar-refractivity contribution in [3.05, 3.63) is 35.9 Å². The third-order valence-electron chi connectivity index (χ3n) is 4.57. The summed E-state index contributed by atoms with van der Waals surface area (Å²) < 4.78 is 0. The van der Waals surface area contributed by atoms with Crippen LogP contribution in [0.4, 0.5) is 4.79 Å². The quantitative estimate of drug-likeness (QED) is 0.651. The number of carbonyl (C=O) groups excluding carboxylic acids is 1. The van der Waals surface area contributed by atoms with Crippen LogP contribution in [0.2, 0.25) is 0 Å². The van der Waals surface area contributed by atoms with Gasteiger partial charge in [0.1, 0.15) is 4.87 Å². The molecule has 1 aromatic rings. The van der Waals surface area contributed by atoms with Crippen LogP contribution in [0.25, 0.3) is 0 Å². The van der Waals surface area contributed by atoms with E-state index in [0.29, 0.717) is 32.2 Å². The molecule has 6 nitrogen and oxygen atoms in total. The molecule has 0 atom stereocenters. The molecule has 7 heteroatoms. The Labute approximate surface area is 146 Å². The van der Waals surface area contributed by atoms with Gasteiger partial charge >= 0.3 is 6.09 Å². The fourth-order valence-electron chi connectivity index (χ4n) is 3.08. The number of hydroxylamine groups is 2. The van der Waals surface area contributed by atoms with Crippen molar-refractivity contribution >= 4 is 23.6 Å². The lowest BCUT2D eigenvalue weighted by molar-refractivity contribution is -0.173. The van der Waals surface area contributed by atoms with E-state index in [1.165, 1.54) is 19.1 Å². The van der Waals surface area contributed by atoms with Crippen LogP contribution in [-0.4, -0.2) is 52.1 Å². The van der Waals surface area contributed by atoms with Gasteiger partial charge in [-0.2, -0.15) is 0 Å². The molecule has 2 rings (SSSR count). The lowest BCUT2D eigenvalue weighted by Gasteiger charge is -2.39. The van der Waals surface area contributed by atoms with E-state index < -0.39 is 11.0 Å². The third kappa shape index (κ3) is 4.19. The molecule has 0 saturated heterocycles. The van der Waals surface area contributed by atoms with Crippen LogP contribution in [0.3, 0.4) is 0 Å². The van der Waals surface area contributed by atoms with Gasteiger partial charge in [-0.05, 0) is 31.2 Å². The first-order valence-corrected chi connectivity index (χ1v) is 8.30. The molecule has 0 aliphatic heterocycles. The summed E-state index contributed by atoms with van der Waals surface area (Å²) in [5, 5.41) is 10.7. The molecule has 0 heterocycles. The average Bonchev–Trinajstić information content (AvgIpc) is 2.60. The summed E-state index contributed by atoms with van der Waals surface area (Å²) in [7, 11) is 2.94. The maximum atomic E-state index is 12.3. The lowest BCUT2D eigenvalue weighted by Crippen LogP contribution is -2.49. The maximum Gasteiger partial charge on any atom is 0.407 e. The average molecular weight is 355 g/mol. The number of carbonyl (C=O) groups is 2. The lowest BCUT2D eigenvalue weighted by atomic mass is 9.84. The number of carboxylic acid groups (broad SMARTS) is 1. The van der Waals surface area contributed by atoms with Gasteiger partial charge in [-0.3, -0.25) is 9.63 Å². The Morgan fingerprint density at radius 1 is 1.29 bits per heavy atom. The molecule has 24 heavy (non-hydrogen) atoms. The van der Waals surface area contributed by atoms with Gasteiger partial charge in [-0.15, -0.1) is 11.6 Å². The highest BCUT2D eigenvalue weighted by Crippen LogP contribution is 2.38. The Morgan fingerprint density at radius 3 is 2.38 bits per heavy atom. The number of nitrogens with zero attached hydrogens (tertiary/aromatic N) is 2. The Bertz CT molecular complexity index is 573. The van der Waals surface area contributed by atoms with Crippen molar-refractivity contribution in [1.29, 1.82) is 0 Å². The van der Waals surface area contributed by atoms with E-state index in [0.717, 1.165) is 10.6 Å². The van der Waals surface area contributed by atoms with E-state index >= 15 is 0 Å². The van der Waals surface area contributed by atoms with E-state index in [2.05, 4.69) is 0 Å². The van der Waals surface area contributed by atoms with Crippen LogP contribution in [0, 0.1) is 0 Å². The van der Waals surface area contributed by atoms with Gasteiger partial charge in [0.05, 0.1) is 7.11 Å². The fourth-order valence-corrected chi connectivity index (χ4v) is 3.42.